The number of carbonyl (C=O) groups is 1. The van der Waals surface area contributed by atoms with E-state index in [9.17, 15) is 9.90 Å². The second kappa shape index (κ2) is 7.85. The first-order chi connectivity index (χ1) is 12.1. The van der Waals surface area contributed by atoms with Gasteiger partial charge < -0.3 is 19.6 Å². The van der Waals surface area contributed by atoms with E-state index >= 15 is 0 Å². The van der Waals surface area contributed by atoms with Crippen molar-refractivity contribution < 1.29 is 14.6 Å². The third-order valence-corrected chi connectivity index (χ3v) is 5.90. The zero-order chi connectivity index (χ0) is 17.9. The average molecular weight is 350 g/mol. The number of nitrogens with zero attached hydrogens (tertiary/aromatic N) is 4. The van der Waals surface area contributed by atoms with Crippen LogP contribution >= 0.6 is 0 Å². The molecule has 0 radical (unpaired) electrons. The predicted octanol–water partition coefficient (Wildman–Crippen LogP) is 0.371. The van der Waals surface area contributed by atoms with Crippen LogP contribution in [0.25, 0.3) is 0 Å². The van der Waals surface area contributed by atoms with Gasteiger partial charge in [-0.05, 0) is 31.2 Å². The molecule has 2 saturated heterocycles. The molecule has 1 atom stereocenters. The molecular formula is C18H30N4O3. The van der Waals surface area contributed by atoms with Gasteiger partial charge in [-0.1, -0.05) is 0 Å². The van der Waals surface area contributed by atoms with E-state index in [1.54, 1.807) is 11.8 Å². The SMILES string of the molecule is COCCN1CC(CO)C2(CCN(C(=O)Cn3ccc(C)n3)CC2)C1. The van der Waals surface area contributed by atoms with Crippen LogP contribution in [0.15, 0.2) is 12.3 Å². The van der Waals surface area contributed by atoms with Gasteiger partial charge in [0.25, 0.3) is 0 Å². The van der Waals surface area contributed by atoms with Gasteiger partial charge in [0.2, 0.25) is 5.91 Å². The number of likely N-dealkylation sites (tertiary alicyclic amines) is 2. The number of carbonyl (C=O) groups excluding carboxylic acids is 1. The van der Waals surface area contributed by atoms with Gasteiger partial charge >= 0.3 is 0 Å². The average Bonchev–Trinajstić information content (AvgIpc) is 3.17. The number of aliphatic hydroxyl groups excluding tert-OH is 1. The molecule has 140 valence electrons. The van der Waals surface area contributed by atoms with Crippen molar-refractivity contribution in [3.63, 3.8) is 0 Å². The van der Waals surface area contributed by atoms with Crippen LogP contribution in [-0.2, 0) is 16.1 Å². The lowest BCUT2D eigenvalue weighted by Crippen LogP contribution is -2.48. The summed E-state index contributed by atoms with van der Waals surface area (Å²) in [5.74, 6) is 0.433. The van der Waals surface area contributed by atoms with Crippen molar-refractivity contribution in [2.24, 2.45) is 11.3 Å². The molecule has 0 aromatic carbocycles. The predicted molar refractivity (Wildman–Crippen MR) is 94.1 cm³/mol. The number of rotatable bonds is 6. The number of amides is 1. The summed E-state index contributed by atoms with van der Waals surface area (Å²) < 4.78 is 6.90. The van der Waals surface area contributed by atoms with Crippen molar-refractivity contribution in [2.75, 3.05) is 53.0 Å². The summed E-state index contributed by atoms with van der Waals surface area (Å²) in [4.78, 5) is 16.9. The van der Waals surface area contributed by atoms with E-state index in [0.717, 1.165) is 57.9 Å². The number of piperidine rings is 1. The van der Waals surface area contributed by atoms with Crippen molar-refractivity contribution in [3.8, 4) is 0 Å². The highest BCUT2D eigenvalue weighted by atomic mass is 16.5. The molecule has 0 aliphatic carbocycles. The summed E-state index contributed by atoms with van der Waals surface area (Å²) in [5.41, 5.74) is 1.07. The molecule has 3 rings (SSSR count). The number of hydrogen-bond donors (Lipinski definition) is 1. The fourth-order valence-corrected chi connectivity index (χ4v) is 4.34. The van der Waals surface area contributed by atoms with Crippen LogP contribution in [0.3, 0.4) is 0 Å². The molecule has 2 fully saturated rings. The monoisotopic (exact) mass is 350 g/mol. The molecule has 1 amide bonds. The fourth-order valence-electron chi connectivity index (χ4n) is 4.34. The van der Waals surface area contributed by atoms with Crippen LogP contribution in [-0.4, -0.2) is 83.6 Å². The first kappa shape index (κ1) is 18.4. The zero-order valence-electron chi connectivity index (χ0n) is 15.4. The smallest absolute Gasteiger partial charge is 0.244 e. The van der Waals surface area contributed by atoms with Crippen LogP contribution < -0.4 is 0 Å². The molecular weight excluding hydrogens is 320 g/mol. The maximum Gasteiger partial charge on any atom is 0.244 e. The van der Waals surface area contributed by atoms with Gasteiger partial charge in [-0.3, -0.25) is 9.48 Å². The van der Waals surface area contributed by atoms with Crippen LogP contribution in [0.2, 0.25) is 0 Å². The number of hydrogen-bond acceptors (Lipinski definition) is 5. The van der Waals surface area contributed by atoms with Gasteiger partial charge in [0.15, 0.2) is 0 Å². The van der Waals surface area contributed by atoms with E-state index in [4.69, 9.17) is 4.74 Å². The van der Waals surface area contributed by atoms with Gasteiger partial charge in [-0.15, -0.1) is 0 Å². The second-order valence-electron chi connectivity index (χ2n) is 7.51. The van der Waals surface area contributed by atoms with Gasteiger partial charge in [0.05, 0.1) is 12.3 Å². The Labute approximate surface area is 149 Å². The Kier molecular flexibility index (Phi) is 5.76. The van der Waals surface area contributed by atoms with E-state index < -0.39 is 0 Å². The first-order valence-electron chi connectivity index (χ1n) is 9.16. The third-order valence-electron chi connectivity index (χ3n) is 5.90. The lowest BCUT2D eigenvalue weighted by atomic mass is 9.71. The van der Waals surface area contributed by atoms with Crippen LogP contribution in [0.1, 0.15) is 18.5 Å². The summed E-state index contributed by atoms with van der Waals surface area (Å²) in [6, 6.07) is 1.91. The van der Waals surface area contributed by atoms with Crippen molar-refractivity contribution in [1.82, 2.24) is 19.6 Å². The minimum atomic E-state index is 0.132. The highest BCUT2D eigenvalue weighted by Gasteiger charge is 2.47. The van der Waals surface area contributed by atoms with Crippen molar-refractivity contribution >= 4 is 5.91 Å². The highest BCUT2D eigenvalue weighted by Crippen LogP contribution is 2.44. The first-order valence-corrected chi connectivity index (χ1v) is 9.16. The standard InChI is InChI=1S/C18H30N4O3/c1-15-3-6-22(19-15)12-17(24)21-7-4-18(5-8-21)14-20(9-10-25-2)11-16(18)13-23/h3,6,16,23H,4-5,7-14H2,1-2H3. The molecule has 25 heavy (non-hydrogen) atoms. The van der Waals surface area contributed by atoms with Gasteiger partial charge in [0, 0.05) is 58.6 Å². The third kappa shape index (κ3) is 4.04. The Morgan fingerprint density at radius 2 is 2.20 bits per heavy atom. The number of aliphatic hydroxyl groups is 1. The molecule has 3 heterocycles. The van der Waals surface area contributed by atoms with Crippen LogP contribution in [0.5, 0.6) is 0 Å². The Morgan fingerprint density at radius 3 is 2.80 bits per heavy atom. The van der Waals surface area contributed by atoms with Crippen LogP contribution in [0, 0.1) is 18.3 Å². The Bertz CT molecular complexity index is 581. The van der Waals surface area contributed by atoms with Gasteiger partial charge in [-0.25, -0.2) is 0 Å². The molecule has 1 aromatic rings. The van der Waals surface area contributed by atoms with E-state index in [1.807, 2.05) is 24.1 Å². The van der Waals surface area contributed by atoms with Crippen molar-refractivity contribution in [3.05, 3.63) is 18.0 Å². The molecule has 1 spiro atoms. The Morgan fingerprint density at radius 1 is 1.44 bits per heavy atom. The molecule has 2 aliphatic heterocycles. The molecule has 1 N–H and O–H groups in total. The summed E-state index contributed by atoms with van der Waals surface area (Å²) in [6.07, 6.45) is 3.78. The quantitative estimate of drug-likeness (QED) is 0.803. The Hall–Kier alpha value is -1.44. The number of aromatic nitrogens is 2. The summed E-state index contributed by atoms with van der Waals surface area (Å²) in [5, 5.41) is 14.1. The molecule has 1 unspecified atom stereocenters. The maximum atomic E-state index is 12.5. The lowest BCUT2D eigenvalue weighted by molar-refractivity contribution is -0.134. The summed E-state index contributed by atoms with van der Waals surface area (Å²) in [6.45, 7) is 7.58. The number of aryl methyl sites for hydroxylation is 1. The number of ether oxygens (including phenoxy) is 1. The van der Waals surface area contributed by atoms with E-state index in [1.165, 1.54) is 0 Å². The van der Waals surface area contributed by atoms with E-state index in [0.29, 0.717) is 12.5 Å². The lowest BCUT2D eigenvalue weighted by Gasteiger charge is -2.42. The fraction of sp³-hybridized carbons (Fsp3) is 0.778. The minimum Gasteiger partial charge on any atom is -0.396 e. The van der Waals surface area contributed by atoms with E-state index in [2.05, 4.69) is 10.00 Å². The normalized spacial score (nSPS) is 23.5. The molecule has 7 heteroatoms. The molecule has 7 nitrogen and oxygen atoms in total. The second-order valence-corrected chi connectivity index (χ2v) is 7.51. The van der Waals surface area contributed by atoms with E-state index in [-0.39, 0.29) is 17.9 Å². The highest BCUT2D eigenvalue weighted by molar-refractivity contribution is 5.76. The van der Waals surface area contributed by atoms with Crippen molar-refractivity contribution in [2.45, 2.75) is 26.3 Å². The largest absolute Gasteiger partial charge is 0.396 e. The van der Waals surface area contributed by atoms with Gasteiger partial charge in [0.1, 0.15) is 6.54 Å². The van der Waals surface area contributed by atoms with Gasteiger partial charge in [-0.2, -0.15) is 5.10 Å². The topological polar surface area (TPSA) is 70.8 Å². The zero-order valence-corrected chi connectivity index (χ0v) is 15.4. The Balaban J connectivity index is 1.55. The maximum absolute atomic E-state index is 12.5. The minimum absolute atomic E-state index is 0.132. The van der Waals surface area contributed by atoms with Crippen LogP contribution in [0.4, 0.5) is 0 Å². The molecule has 1 aromatic heterocycles. The summed E-state index contributed by atoms with van der Waals surface area (Å²) >= 11 is 0. The summed E-state index contributed by atoms with van der Waals surface area (Å²) in [7, 11) is 1.72. The molecule has 0 saturated carbocycles. The number of methoxy groups -OCH3 is 1. The molecule has 2 aliphatic rings. The molecule has 0 bridgehead atoms. The van der Waals surface area contributed by atoms with Crippen molar-refractivity contribution in [1.29, 1.82) is 0 Å².